The summed E-state index contributed by atoms with van der Waals surface area (Å²) in [5.74, 6) is -0.132. The number of H-pyrrole nitrogens is 1. The van der Waals surface area contributed by atoms with Crippen LogP contribution in [0.2, 0.25) is 0 Å². The fourth-order valence-corrected chi connectivity index (χ4v) is 2.72. The van der Waals surface area contributed by atoms with Crippen LogP contribution in [0, 0.1) is 0 Å². The molecule has 0 aliphatic carbocycles. The molecule has 2 N–H and O–H groups in total. The van der Waals surface area contributed by atoms with E-state index in [9.17, 15) is 4.79 Å². The van der Waals surface area contributed by atoms with Gasteiger partial charge in [0.25, 0.3) is 5.91 Å². The minimum atomic E-state index is -0.132. The maximum atomic E-state index is 12.5. The van der Waals surface area contributed by atoms with Crippen molar-refractivity contribution in [1.82, 2.24) is 14.5 Å². The number of pyridine rings is 1. The summed E-state index contributed by atoms with van der Waals surface area (Å²) in [5.41, 5.74) is 3.39. The van der Waals surface area contributed by atoms with E-state index in [-0.39, 0.29) is 5.91 Å². The Hall–Kier alpha value is -3.08. The molecule has 0 unspecified atom stereocenters. The SMILES string of the molecule is Cn1ccc2cc(NC(=O)c3c[nH]c4cnccc34)ccc21. The van der Waals surface area contributed by atoms with Crippen LogP contribution in [0.25, 0.3) is 21.8 Å². The van der Waals surface area contributed by atoms with Gasteiger partial charge in [0, 0.05) is 47.6 Å². The van der Waals surface area contributed by atoms with Crippen molar-refractivity contribution >= 4 is 33.4 Å². The molecule has 3 heterocycles. The fraction of sp³-hybridized carbons (Fsp3) is 0.0588. The van der Waals surface area contributed by atoms with Crippen LogP contribution in [0.3, 0.4) is 0 Å². The van der Waals surface area contributed by atoms with E-state index in [1.807, 2.05) is 48.1 Å². The van der Waals surface area contributed by atoms with Crippen molar-refractivity contribution in [2.24, 2.45) is 7.05 Å². The van der Waals surface area contributed by atoms with E-state index < -0.39 is 0 Å². The number of hydrogen-bond donors (Lipinski definition) is 2. The van der Waals surface area contributed by atoms with Gasteiger partial charge in [-0.25, -0.2) is 0 Å². The highest BCUT2D eigenvalue weighted by atomic mass is 16.1. The van der Waals surface area contributed by atoms with Crippen molar-refractivity contribution in [3.8, 4) is 0 Å². The third-order valence-electron chi connectivity index (χ3n) is 3.87. The summed E-state index contributed by atoms with van der Waals surface area (Å²) in [6.07, 6.45) is 7.11. The van der Waals surface area contributed by atoms with E-state index >= 15 is 0 Å². The van der Waals surface area contributed by atoms with Crippen LogP contribution >= 0.6 is 0 Å². The number of benzene rings is 1. The molecule has 4 aromatic rings. The van der Waals surface area contributed by atoms with Gasteiger partial charge in [-0.3, -0.25) is 9.78 Å². The lowest BCUT2D eigenvalue weighted by Crippen LogP contribution is -2.11. The van der Waals surface area contributed by atoms with Gasteiger partial charge < -0.3 is 14.9 Å². The molecule has 0 aliphatic heterocycles. The van der Waals surface area contributed by atoms with Gasteiger partial charge in [0.05, 0.1) is 17.3 Å². The number of nitrogens with one attached hydrogen (secondary N) is 2. The van der Waals surface area contributed by atoms with Crippen LogP contribution in [0.1, 0.15) is 10.4 Å². The average Bonchev–Trinajstić information content (AvgIpc) is 3.11. The average molecular weight is 290 g/mol. The number of hydrogen-bond acceptors (Lipinski definition) is 2. The Kier molecular flexibility index (Phi) is 2.72. The van der Waals surface area contributed by atoms with Crippen molar-refractivity contribution < 1.29 is 4.79 Å². The molecule has 4 rings (SSSR count). The van der Waals surface area contributed by atoms with Gasteiger partial charge in [0.15, 0.2) is 0 Å². The smallest absolute Gasteiger partial charge is 0.257 e. The number of nitrogens with zero attached hydrogens (tertiary/aromatic N) is 2. The maximum absolute atomic E-state index is 12.5. The van der Waals surface area contributed by atoms with E-state index in [0.29, 0.717) is 5.56 Å². The zero-order valence-corrected chi connectivity index (χ0v) is 12.0. The first-order valence-corrected chi connectivity index (χ1v) is 7.00. The molecular weight excluding hydrogens is 276 g/mol. The molecular formula is C17H14N4O. The molecule has 0 bridgehead atoms. The first-order valence-electron chi connectivity index (χ1n) is 7.00. The second-order valence-corrected chi connectivity index (χ2v) is 5.28. The van der Waals surface area contributed by atoms with Gasteiger partial charge in [0.2, 0.25) is 0 Å². The van der Waals surface area contributed by atoms with Crippen molar-refractivity contribution in [1.29, 1.82) is 0 Å². The Morgan fingerprint density at radius 2 is 2.18 bits per heavy atom. The largest absolute Gasteiger partial charge is 0.359 e. The van der Waals surface area contributed by atoms with E-state index in [2.05, 4.69) is 15.3 Å². The highest BCUT2D eigenvalue weighted by Gasteiger charge is 2.12. The predicted octanol–water partition coefficient (Wildman–Crippen LogP) is 3.31. The van der Waals surface area contributed by atoms with E-state index in [0.717, 1.165) is 27.5 Å². The number of carbonyl (C=O) groups is 1. The Morgan fingerprint density at radius 1 is 1.27 bits per heavy atom. The topological polar surface area (TPSA) is 62.7 Å². The molecule has 0 radical (unpaired) electrons. The summed E-state index contributed by atoms with van der Waals surface area (Å²) in [6.45, 7) is 0. The number of aryl methyl sites for hydroxylation is 1. The lowest BCUT2D eigenvalue weighted by molar-refractivity contribution is 0.102. The molecule has 0 saturated carbocycles. The molecule has 22 heavy (non-hydrogen) atoms. The lowest BCUT2D eigenvalue weighted by atomic mass is 10.2. The molecule has 0 fully saturated rings. The van der Waals surface area contributed by atoms with Crippen LogP contribution in [-0.2, 0) is 7.05 Å². The number of carbonyl (C=O) groups excluding carboxylic acids is 1. The molecule has 1 aromatic carbocycles. The summed E-state index contributed by atoms with van der Waals surface area (Å²) >= 11 is 0. The second-order valence-electron chi connectivity index (χ2n) is 5.28. The van der Waals surface area contributed by atoms with Crippen LogP contribution in [0.15, 0.2) is 55.1 Å². The zero-order valence-electron chi connectivity index (χ0n) is 12.0. The van der Waals surface area contributed by atoms with Gasteiger partial charge >= 0.3 is 0 Å². The molecule has 5 heteroatoms. The van der Waals surface area contributed by atoms with E-state index in [4.69, 9.17) is 0 Å². The molecule has 5 nitrogen and oxygen atoms in total. The molecule has 0 atom stereocenters. The zero-order chi connectivity index (χ0) is 15.1. The van der Waals surface area contributed by atoms with Crippen molar-refractivity contribution in [2.45, 2.75) is 0 Å². The Morgan fingerprint density at radius 3 is 3.09 bits per heavy atom. The number of anilines is 1. The molecule has 0 spiro atoms. The highest BCUT2D eigenvalue weighted by molar-refractivity contribution is 6.13. The third-order valence-corrected chi connectivity index (χ3v) is 3.87. The molecule has 108 valence electrons. The first kappa shape index (κ1) is 12.6. The van der Waals surface area contributed by atoms with Crippen LogP contribution < -0.4 is 5.32 Å². The molecule has 0 aliphatic rings. The summed E-state index contributed by atoms with van der Waals surface area (Å²) in [4.78, 5) is 19.6. The van der Waals surface area contributed by atoms with Gasteiger partial charge in [0.1, 0.15) is 0 Å². The molecule has 0 saturated heterocycles. The van der Waals surface area contributed by atoms with E-state index in [1.165, 1.54) is 0 Å². The monoisotopic (exact) mass is 290 g/mol. The van der Waals surface area contributed by atoms with Crippen molar-refractivity contribution in [3.05, 3.63) is 60.7 Å². The molecule has 1 amide bonds. The van der Waals surface area contributed by atoms with Gasteiger partial charge in [-0.1, -0.05) is 0 Å². The number of amides is 1. The minimum Gasteiger partial charge on any atom is -0.359 e. The third kappa shape index (κ3) is 1.95. The van der Waals surface area contributed by atoms with Crippen LogP contribution in [0.5, 0.6) is 0 Å². The number of aromatic amines is 1. The standard InChI is InChI=1S/C17H14N4O/c1-21-7-5-11-8-12(2-3-16(11)21)20-17(22)14-9-19-15-10-18-6-4-13(14)15/h2-10,19H,1H3,(H,20,22). The number of aromatic nitrogens is 3. The lowest BCUT2D eigenvalue weighted by Gasteiger charge is -2.05. The summed E-state index contributed by atoms with van der Waals surface area (Å²) in [7, 11) is 2.00. The Labute approximate surface area is 126 Å². The number of rotatable bonds is 2. The summed E-state index contributed by atoms with van der Waals surface area (Å²) in [5, 5.41) is 4.92. The fourth-order valence-electron chi connectivity index (χ4n) is 2.72. The Bertz CT molecular complexity index is 996. The first-order chi connectivity index (χ1) is 10.7. The summed E-state index contributed by atoms with van der Waals surface area (Å²) < 4.78 is 2.05. The van der Waals surface area contributed by atoms with Gasteiger partial charge in [-0.2, -0.15) is 0 Å². The number of fused-ring (bicyclic) bond motifs is 2. The van der Waals surface area contributed by atoms with Crippen molar-refractivity contribution in [2.75, 3.05) is 5.32 Å². The van der Waals surface area contributed by atoms with Crippen LogP contribution in [0.4, 0.5) is 5.69 Å². The molecule has 3 aromatic heterocycles. The predicted molar refractivity (Wildman–Crippen MR) is 87.0 cm³/mol. The maximum Gasteiger partial charge on any atom is 0.257 e. The summed E-state index contributed by atoms with van der Waals surface area (Å²) in [6, 6.07) is 9.76. The normalized spacial score (nSPS) is 11.1. The Balaban J connectivity index is 1.68. The van der Waals surface area contributed by atoms with Crippen molar-refractivity contribution in [3.63, 3.8) is 0 Å². The van der Waals surface area contributed by atoms with Gasteiger partial charge in [-0.15, -0.1) is 0 Å². The second kappa shape index (κ2) is 4.73. The van der Waals surface area contributed by atoms with Gasteiger partial charge in [-0.05, 0) is 30.3 Å². The quantitative estimate of drug-likeness (QED) is 0.595. The van der Waals surface area contributed by atoms with E-state index in [1.54, 1.807) is 18.6 Å². The highest BCUT2D eigenvalue weighted by Crippen LogP contribution is 2.22. The minimum absolute atomic E-state index is 0.132. The van der Waals surface area contributed by atoms with Crippen LogP contribution in [-0.4, -0.2) is 20.4 Å².